The van der Waals surface area contributed by atoms with Gasteiger partial charge in [0.2, 0.25) is 0 Å². The SMILES string of the molecule is Brc1cncc(C2=C[C@H]3CNC[C@H]3C2)c1.O=C(O)C=CC(=O)O. The van der Waals surface area contributed by atoms with Gasteiger partial charge >= 0.3 is 11.9 Å². The van der Waals surface area contributed by atoms with Crippen molar-refractivity contribution in [1.82, 2.24) is 10.3 Å². The van der Waals surface area contributed by atoms with Crippen molar-refractivity contribution in [3.63, 3.8) is 0 Å². The Balaban J connectivity index is 0.000000207. The second-order valence-electron chi connectivity index (χ2n) is 5.38. The van der Waals surface area contributed by atoms with Crippen LogP contribution in [0.3, 0.4) is 0 Å². The molecule has 0 bridgehead atoms. The van der Waals surface area contributed by atoms with Crippen LogP contribution in [0, 0.1) is 11.8 Å². The van der Waals surface area contributed by atoms with Gasteiger partial charge in [0.05, 0.1) is 0 Å². The van der Waals surface area contributed by atoms with Crippen LogP contribution in [0.4, 0.5) is 0 Å². The van der Waals surface area contributed by atoms with Crippen LogP contribution in [0.1, 0.15) is 12.0 Å². The minimum atomic E-state index is -1.26. The molecule has 122 valence electrons. The summed E-state index contributed by atoms with van der Waals surface area (Å²) in [6.07, 6.45) is 8.54. The Morgan fingerprint density at radius 2 is 1.91 bits per heavy atom. The summed E-state index contributed by atoms with van der Waals surface area (Å²) in [5.74, 6) is -0.947. The molecule has 1 aromatic rings. The standard InChI is InChI=1S/C12H13BrN2.C4H4O4/c13-12-3-11(6-15-7-12)8-1-9-4-14-5-10(9)2-8;5-3(6)1-2-4(7)8/h1,3,6-7,9-10,14H,2,4-5H2;1-2H,(H,5,6)(H,7,8)/t9-,10+;/m0./s1. The number of carboxylic acids is 2. The van der Waals surface area contributed by atoms with E-state index in [2.05, 4.69) is 38.4 Å². The van der Waals surface area contributed by atoms with Gasteiger partial charge in [-0.2, -0.15) is 0 Å². The highest BCUT2D eigenvalue weighted by atomic mass is 79.9. The molecule has 1 saturated heterocycles. The fraction of sp³-hybridized carbons (Fsp3) is 0.312. The molecular weight excluding hydrogens is 364 g/mol. The van der Waals surface area contributed by atoms with Crippen molar-refractivity contribution in [2.75, 3.05) is 13.1 Å². The highest BCUT2D eigenvalue weighted by Crippen LogP contribution is 2.38. The molecule has 1 aliphatic heterocycles. The van der Waals surface area contributed by atoms with Crippen molar-refractivity contribution in [2.24, 2.45) is 11.8 Å². The predicted octanol–water partition coefficient (Wildman–Crippen LogP) is 2.18. The lowest BCUT2D eigenvalue weighted by Crippen LogP contribution is -2.09. The number of fused-ring (bicyclic) bond motifs is 1. The summed E-state index contributed by atoms with van der Waals surface area (Å²) >= 11 is 3.47. The molecule has 6 nitrogen and oxygen atoms in total. The molecule has 1 aromatic heterocycles. The van der Waals surface area contributed by atoms with E-state index in [1.54, 1.807) is 0 Å². The van der Waals surface area contributed by atoms with E-state index in [-0.39, 0.29) is 0 Å². The van der Waals surface area contributed by atoms with Crippen molar-refractivity contribution in [1.29, 1.82) is 0 Å². The van der Waals surface area contributed by atoms with E-state index in [1.165, 1.54) is 24.1 Å². The molecule has 2 aliphatic rings. The van der Waals surface area contributed by atoms with Gasteiger partial charge in [-0.05, 0) is 57.9 Å². The van der Waals surface area contributed by atoms with Gasteiger partial charge in [0.1, 0.15) is 0 Å². The number of allylic oxidation sites excluding steroid dienone is 1. The molecule has 0 unspecified atom stereocenters. The molecule has 3 N–H and O–H groups in total. The number of hydrogen-bond donors (Lipinski definition) is 3. The Morgan fingerprint density at radius 3 is 2.48 bits per heavy atom. The summed E-state index contributed by atoms with van der Waals surface area (Å²) in [6, 6.07) is 2.16. The topological polar surface area (TPSA) is 99.5 Å². The molecule has 2 atom stereocenters. The van der Waals surface area contributed by atoms with Gasteiger partial charge < -0.3 is 15.5 Å². The van der Waals surface area contributed by atoms with Crippen LogP contribution in [0.25, 0.3) is 5.57 Å². The number of rotatable bonds is 3. The number of aromatic nitrogens is 1. The Labute approximate surface area is 142 Å². The first-order chi connectivity index (χ1) is 11.0. The van der Waals surface area contributed by atoms with Crippen LogP contribution in [0.5, 0.6) is 0 Å². The van der Waals surface area contributed by atoms with Crippen molar-refractivity contribution in [3.05, 3.63) is 46.7 Å². The van der Waals surface area contributed by atoms with E-state index in [0.29, 0.717) is 12.2 Å². The van der Waals surface area contributed by atoms with Crippen LogP contribution in [-0.4, -0.2) is 40.2 Å². The highest BCUT2D eigenvalue weighted by molar-refractivity contribution is 9.10. The molecule has 0 saturated carbocycles. The van der Waals surface area contributed by atoms with E-state index in [9.17, 15) is 9.59 Å². The van der Waals surface area contributed by atoms with Crippen LogP contribution in [0.2, 0.25) is 0 Å². The second kappa shape index (κ2) is 8.03. The lowest BCUT2D eigenvalue weighted by Gasteiger charge is -2.06. The summed E-state index contributed by atoms with van der Waals surface area (Å²) in [5.41, 5.74) is 2.75. The van der Waals surface area contributed by atoms with Gasteiger partial charge in [-0.15, -0.1) is 0 Å². The fourth-order valence-electron chi connectivity index (χ4n) is 2.73. The zero-order chi connectivity index (χ0) is 16.8. The Kier molecular flexibility index (Phi) is 6.06. The maximum atomic E-state index is 9.55. The molecule has 0 amide bonds. The van der Waals surface area contributed by atoms with E-state index < -0.39 is 11.9 Å². The van der Waals surface area contributed by atoms with Crippen molar-refractivity contribution >= 4 is 33.4 Å². The quantitative estimate of drug-likeness (QED) is 0.695. The average Bonchev–Trinajstić information content (AvgIpc) is 3.07. The molecule has 0 aromatic carbocycles. The second-order valence-corrected chi connectivity index (χ2v) is 6.30. The van der Waals surface area contributed by atoms with Gasteiger partial charge in [-0.3, -0.25) is 4.98 Å². The maximum Gasteiger partial charge on any atom is 0.328 e. The largest absolute Gasteiger partial charge is 0.478 e. The molecule has 0 spiro atoms. The number of pyridine rings is 1. The molecule has 23 heavy (non-hydrogen) atoms. The monoisotopic (exact) mass is 380 g/mol. The fourth-order valence-corrected chi connectivity index (χ4v) is 3.09. The minimum Gasteiger partial charge on any atom is -0.478 e. The summed E-state index contributed by atoms with van der Waals surface area (Å²) in [6.45, 7) is 2.32. The van der Waals surface area contributed by atoms with Crippen LogP contribution in [-0.2, 0) is 9.59 Å². The lowest BCUT2D eigenvalue weighted by molar-refractivity contribution is -0.134. The number of hydrogen-bond acceptors (Lipinski definition) is 4. The van der Waals surface area contributed by atoms with E-state index in [4.69, 9.17) is 10.2 Å². The smallest absolute Gasteiger partial charge is 0.328 e. The van der Waals surface area contributed by atoms with E-state index in [1.807, 2.05) is 12.4 Å². The van der Waals surface area contributed by atoms with Crippen molar-refractivity contribution < 1.29 is 19.8 Å². The Bertz CT molecular complexity index is 641. The first-order valence-electron chi connectivity index (χ1n) is 7.12. The van der Waals surface area contributed by atoms with E-state index >= 15 is 0 Å². The summed E-state index contributed by atoms with van der Waals surface area (Å²) < 4.78 is 1.07. The first kappa shape index (κ1) is 17.4. The molecule has 1 aliphatic carbocycles. The van der Waals surface area contributed by atoms with Gasteiger partial charge in [0.15, 0.2) is 0 Å². The third-order valence-corrected chi connectivity index (χ3v) is 4.17. The van der Waals surface area contributed by atoms with Gasteiger partial charge in [0.25, 0.3) is 0 Å². The highest BCUT2D eigenvalue weighted by Gasteiger charge is 2.31. The van der Waals surface area contributed by atoms with Crippen LogP contribution >= 0.6 is 15.9 Å². The van der Waals surface area contributed by atoms with Crippen molar-refractivity contribution in [2.45, 2.75) is 6.42 Å². The molecular formula is C16H17BrN2O4. The number of nitrogens with zero attached hydrogens (tertiary/aromatic N) is 1. The molecule has 3 rings (SSSR count). The lowest BCUT2D eigenvalue weighted by atomic mass is 9.99. The van der Waals surface area contributed by atoms with E-state index in [0.717, 1.165) is 22.9 Å². The summed E-state index contributed by atoms with van der Waals surface area (Å²) in [7, 11) is 0. The van der Waals surface area contributed by atoms with Crippen molar-refractivity contribution in [3.8, 4) is 0 Å². The zero-order valence-electron chi connectivity index (χ0n) is 12.3. The first-order valence-corrected chi connectivity index (χ1v) is 7.91. The minimum absolute atomic E-state index is 0.558. The Morgan fingerprint density at radius 1 is 1.22 bits per heavy atom. The van der Waals surface area contributed by atoms with Crippen LogP contribution < -0.4 is 5.32 Å². The Hall–Kier alpha value is -1.99. The molecule has 1 fully saturated rings. The molecule has 0 radical (unpaired) electrons. The van der Waals surface area contributed by atoms with Gasteiger partial charge in [-0.1, -0.05) is 6.08 Å². The van der Waals surface area contributed by atoms with Crippen LogP contribution in [0.15, 0.2) is 41.2 Å². The normalized spacial score (nSPS) is 22.2. The van der Waals surface area contributed by atoms with Gasteiger partial charge in [-0.25, -0.2) is 9.59 Å². The molecule has 2 heterocycles. The number of carbonyl (C=O) groups is 2. The number of aliphatic carboxylic acids is 2. The number of nitrogens with one attached hydrogen (secondary N) is 1. The number of halogens is 1. The summed E-state index contributed by atoms with van der Waals surface area (Å²) in [5, 5.41) is 19.1. The maximum absolute atomic E-state index is 9.55. The predicted molar refractivity (Wildman–Crippen MR) is 88.8 cm³/mol. The third kappa shape index (κ3) is 5.30. The summed E-state index contributed by atoms with van der Waals surface area (Å²) in [4.78, 5) is 23.3. The zero-order valence-corrected chi connectivity index (χ0v) is 13.9. The molecule has 7 heteroatoms. The number of carboxylic acid groups (broad SMARTS) is 2. The van der Waals surface area contributed by atoms with Gasteiger partial charge in [0, 0.05) is 35.6 Å². The third-order valence-electron chi connectivity index (χ3n) is 3.73. The average molecular weight is 381 g/mol.